The van der Waals surface area contributed by atoms with Crippen molar-refractivity contribution in [2.75, 3.05) is 25.9 Å². The van der Waals surface area contributed by atoms with Gasteiger partial charge in [0, 0.05) is 37.2 Å². The third-order valence-electron chi connectivity index (χ3n) is 7.44. The first-order valence-electron chi connectivity index (χ1n) is 11.0. The van der Waals surface area contributed by atoms with Crippen LogP contribution in [-0.4, -0.2) is 70.1 Å². The number of halogens is 7. The number of likely N-dealkylation sites (tertiary alicyclic amines) is 1. The molecule has 1 aromatic rings. The van der Waals surface area contributed by atoms with E-state index in [2.05, 4.69) is 4.31 Å². The minimum absolute atomic E-state index is 0.110. The number of piperidine rings is 1. The highest BCUT2D eigenvalue weighted by molar-refractivity contribution is 7.96. The molecule has 0 radical (unpaired) electrons. The number of fused-ring (bicyclic) bond motifs is 3. The number of rotatable bonds is 3. The van der Waals surface area contributed by atoms with Gasteiger partial charge in [-0.1, -0.05) is 30.1 Å². The quantitative estimate of drug-likeness (QED) is 0.469. The number of carbonyl (C=O) groups excluding carboxylic acids is 1. The van der Waals surface area contributed by atoms with E-state index in [0.29, 0.717) is 50.2 Å². The number of hydrogen-bond acceptors (Lipinski definition) is 4. The molecule has 34 heavy (non-hydrogen) atoms. The summed E-state index contributed by atoms with van der Waals surface area (Å²) in [5.74, 6) is -0.667. The monoisotopic (exact) mass is 514 g/mol. The second-order valence-electron chi connectivity index (χ2n) is 9.21. The molecular weight excluding hydrogens is 489 g/mol. The predicted molar refractivity (Wildman–Crippen MR) is 112 cm³/mol. The number of alkyl halides is 7. The van der Waals surface area contributed by atoms with E-state index in [1.54, 1.807) is 4.90 Å². The fourth-order valence-electron chi connectivity index (χ4n) is 5.54. The number of carbonyl (C=O) groups is 1. The standard InChI is InChI=1S/C22H25F7N2O2S/c1-34-30-10-7-19(33,8-11-30)18(32)31-9-6-16-15-4-3-14(12-13(15)2-5-17(16)31)20(23,21(24,25)26)22(27,28)29/h3-4,12,16-17,33H,2,5-11H2,1H3. The topological polar surface area (TPSA) is 43.8 Å². The number of nitrogens with zero attached hydrogens (tertiary/aromatic N) is 2. The molecule has 190 valence electrons. The molecule has 1 amide bonds. The van der Waals surface area contributed by atoms with Gasteiger partial charge in [-0.25, -0.2) is 4.39 Å². The Kier molecular flexibility index (Phi) is 6.42. The maximum atomic E-state index is 14.5. The molecule has 0 spiro atoms. The van der Waals surface area contributed by atoms with Gasteiger partial charge in [0.1, 0.15) is 5.60 Å². The Balaban J connectivity index is 1.58. The summed E-state index contributed by atoms with van der Waals surface area (Å²) in [4.78, 5) is 14.9. The Morgan fingerprint density at radius 3 is 2.21 bits per heavy atom. The van der Waals surface area contributed by atoms with Gasteiger partial charge in [-0.3, -0.25) is 9.10 Å². The van der Waals surface area contributed by atoms with E-state index in [1.165, 1.54) is 11.9 Å². The van der Waals surface area contributed by atoms with Gasteiger partial charge in [0.15, 0.2) is 0 Å². The van der Waals surface area contributed by atoms with Crippen LogP contribution in [0.15, 0.2) is 18.2 Å². The highest BCUT2D eigenvalue weighted by atomic mass is 32.2. The molecule has 2 unspecified atom stereocenters. The zero-order valence-electron chi connectivity index (χ0n) is 18.3. The third-order valence-corrected chi connectivity index (χ3v) is 8.32. The molecule has 0 aromatic heterocycles. The molecule has 1 N–H and O–H groups in total. The summed E-state index contributed by atoms with van der Waals surface area (Å²) < 4.78 is 95.6. The van der Waals surface area contributed by atoms with Gasteiger partial charge in [-0.2, -0.15) is 26.3 Å². The van der Waals surface area contributed by atoms with Crippen molar-refractivity contribution in [3.63, 3.8) is 0 Å². The summed E-state index contributed by atoms with van der Waals surface area (Å²) >= 11 is 1.54. The van der Waals surface area contributed by atoms with Crippen molar-refractivity contribution in [3.8, 4) is 0 Å². The zero-order valence-corrected chi connectivity index (χ0v) is 19.2. The van der Waals surface area contributed by atoms with E-state index >= 15 is 0 Å². The molecule has 4 rings (SSSR count). The lowest BCUT2D eigenvalue weighted by atomic mass is 9.77. The molecule has 2 fully saturated rings. The van der Waals surface area contributed by atoms with E-state index in [9.17, 15) is 40.6 Å². The van der Waals surface area contributed by atoms with E-state index in [-0.39, 0.29) is 42.7 Å². The molecule has 1 aromatic carbocycles. The summed E-state index contributed by atoms with van der Waals surface area (Å²) in [7, 11) is 0. The van der Waals surface area contributed by atoms with Crippen LogP contribution in [0.5, 0.6) is 0 Å². The molecule has 2 heterocycles. The fraction of sp³-hybridized carbons (Fsp3) is 0.682. The van der Waals surface area contributed by atoms with Crippen LogP contribution in [0, 0.1) is 0 Å². The fourth-order valence-corrected chi connectivity index (χ4v) is 6.08. The van der Waals surface area contributed by atoms with E-state index in [4.69, 9.17) is 0 Å². The molecule has 2 aliphatic heterocycles. The molecule has 2 atom stereocenters. The van der Waals surface area contributed by atoms with Crippen molar-refractivity contribution in [2.24, 2.45) is 0 Å². The normalized spacial score (nSPS) is 25.7. The summed E-state index contributed by atoms with van der Waals surface area (Å²) in [5, 5.41) is 11.0. The Morgan fingerprint density at radius 2 is 1.65 bits per heavy atom. The molecule has 2 saturated heterocycles. The van der Waals surface area contributed by atoms with Crippen LogP contribution in [0.4, 0.5) is 30.7 Å². The summed E-state index contributed by atoms with van der Waals surface area (Å²) in [6.07, 6.45) is -8.94. The number of benzene rings is 1. The molecule has 0 bridgehead atoms. The van der Waals surface area contributed by atoms with E-state index in [1.807, 2.05) is 6.26 Å². The first-order valence-corrected chi connectivity index (χ1v) is 12.2. The lowest BCUT2D eigenvalue weighted by Crippen LogP contribution is -2.55. The van der Waals surface area contributed by atoms with Crippen molar-refractivity contribution >= 4 is 17.9 Å². The van der Waals surface area contributed by atoms with Crippen LogP contribution < -0.4 is 0 Å². The van der Waals surface area contributed by atoms with Crippen LogP contribution in [0.25, 0.3) is 0 Å². The molecule has 12 heteroatoms. The number of hydrogen-bond donors (Lipinski definition) is 1. The van der Waals surface area contributed by atoms with Crippen molar-refractivity contribution in [1.29, 1.82) is 0 Å². The van der Waals surface area contributed by atoms with Crippen molar-refractivity contribution in [1.82, 2.24) is 9.21 Å². The molecular formula is C22H25F7N2O2S. The van der Waals surface area contributed by atoms with Crippen molar-refractivity contribution in [2.45, 2.75) is 67.7 Å². The van der Waals surface area contributed by atoms with Crippen LogP contribution in [0.1, 0.15) is 48.3 Å². The molecule has 4 nitrogen and oxygen atoms in total. The average Bonchev–Trinajstić information content (AvgIpc) is 3.21. The third kappa shape index (κ3) is 3.99. The maximum Gasteiger partial charge on any atom is 0.435 e. The first-order chi connectivity index (χ1) is 15.7. The number of aliphatic hydroxyl groups is 1. The van der Waals surface area contributed by atoms with E-state index < -0.39 is 29.2 Å². The minimum Gasteiger partial charge on any atom is -0.380 e. The Bertz CT molecular complexity index is 930. The van der Waals surface area contributed by atoms with E-state index in [0.717, 1.165) is 6.07 Å². The summed E-state index contributed by atoms with van der Waals surface area (Å²) in [5.41, 5.74) is -7.66. The maximum absolute atomic E-state index is 14.5. The average molecular weight is 515 g/mol. The second kappa shape index (κ2) is 8.55. The largest absolute Gasteiger partial charge is 0.435 e. The SMILES string of the molecule is CSN1CCC(O)(C(=O)N2CCC3c4ccc(C(F)(C(F)(F)F)C(F)(F)F)cc4CCC32)CC1. The van der Waals surface area contributed by atoms with Gasteiger partial charge >= 0.3 is 18.0 Å². The molecule has 0 saturated carbocycles. The first kappa shape index (κ1) is 25.6. The van der Waals surface area contributed by atoms with Crippen molar-refractivity contribution < 1.29 is 40.6 Å². The Morgan fingerprint density at radius 1 is 1.03 bits per heavy atom. The van der Waals surface area contributed by atoms with Crippen LogP contribution >= 0.6 is 11.9 Å². The lowest BCUT2D eigenvalue weighted by Gasteiger charge is -2.41. The molecule has 1 aliphatic carbocycles. The smallest absolute Gasteiger partial charge is 0.380 e. The number of amides is 1. The summed E-state index contributed by atoms with van der Waals surface area (Å²) in [6, 6.07) is 2.04. The Hall–Kier alpha value is -1.53. The second-order valence-corrected chi connectivity index (χ2v) is 10.1. The lowest BCUT2D eigenvalue weighted by molar-refractivity contribution is -0.348. The Labute approximate surface area is 196 Å². The predicted octanol–water partition coefficient (Wildman–Crippen LogP) is 4.71. The van der Waals surface area contributed by atoms with Crippen LogP contribution in [-0.2, 0) is 16.9 Å². The van der Waals surface area contributed by atoms with Gasteiger partial charge < -0.3 is 10.0 Å². The van der Waals surface area contributed by atoms with Crippen molar-refractivity contribution in [3.05, 3.63) is 34.9 Å². The number of aryl methyl sites for hydroxylation is 1. The zero-order chi connectivity index (χ0) is 25.1. The molecule has 3 aliphatic rings. The van der Waals surface area contributed by atoms with Gasteiger partial charge in [0.2, 0.25) is 0 Å². The van der Waals surface area contributed by atoms with Crippen LogP contribution in [0.2, 0.25) is 0 Å². The van der Waals surface area contributed by atoms with Gasteiger partial charge in [0.05, 0.1) is 0 Å². The van der Waals surface area contributed by atoms with Gasteiger partial charge in [-0.15, -0.1) is 0 Å². The van der Waals surface area contributed by atoms with Gasteiger partial charge in [0.25, 0.3) is 5.91 Å². The highest BCUT2D eigenvalue weighted by Crippen LogP contribution is 2.54. The van der Waals surface area contributed by atoms with Crippen LogP contribution in [0.3, 0.4) is 0 Å². The highest BCUT2D eigenvalue weighted by Gasteiger charge is 2.73. The minimum atomic E-state index is -6.16. The van der Waals surface area contributed by atoms with Gasteiger partial charge in [-0.05, 0) is 49.5 Å². The summed E-state index contributed by atoms with van der Waals surface area (Å²) in [6.45, 7) is 1.45.